The van der Waals surface area contributed by atoms with Crippen molar-refractivity contribution in [2.24, 2.45) is 29.0 Å². The lowest BCUT2D eigenvalue weighted by molar-refractivity contribution is -0.192. The minimum absolute atomic E-state index is 0.0331. The maximum absolute atomic E-state index is 13.4. The summed E-state index contributed by atoms with van der Waals surface area (Å²) in [6, 6.07) is 4.93. The number of nitrogens with one attached hydrogen (secondary N) is 5. The molecule has 1 aliphatic carbocycles. The van der Waals surface area contributed by atoms with E-state index in [4.69, 9.17) is 37.9 Å². The number of carbonyl (C=O) groups excluding carboxylic acids is 3. The summed E-state index contributed by atoms with van der Waals surface area (Å²) in [5.41, 5.74) is 17.7. The van der Waals surface area contributed by atoms with Crippen LogP contribution in [0.5, 0.6) is 0 Å². The molecule has 246 valence electrons. The third kappa shape index (κ3) is 13.7. The maximum Gasteiger partial charge on any atom is 0.490 e. The highest BCUT2D eigenvalue weighted by Crippen LogP contribution is 2.32. The van der Waals surface area contributed by atoms with Crippen LogP contribution in [0.3, 0.4) is 0 Å². The van der Waals surface area contributed by atoms with Crippen molar-refractivity contribution < 1.29 is 42.6 Å². The Labute approximate surface area is 252 Å². The highest BCUT2D eigenvalue weighted by atomic mass is 19.4. The number of alkyl halides is 3. The van der Waals surface area contributed by atoms with Crippen molar-refractivity contribution in [3.63, 3.8) is 0 Å². The largest absolute Gasteiger partial charge is 0.490 e. The summed E-state index contributed by atoms with van der Waals surface area (Å²) in [4.78, 5) is 47.0. The number of aliphatic hydroxyl groups excluding tert-OH is 1. The molecule has 0 spiro atoms. The second-order valence-corrected chi connectivity index (χ2v) is 10.3. The number of hydrogen-bond donors (Lipinski definition) is 10. The van der Waals surface area contributed by atoms with Crippen LogP contribution in [0.25, 0.3) is 0 Å². The predicted molar refractivity (Wildman–Crippen MR) is 154 cm³/mol. The van der Waals surface area contributed by atoms with Crippen LogP contribution in [0.4, 0.5) is 13.2 Å². The van der Waals surface area contributed by atoms with E-state index in [2.05, 4.69) is 16.0 Å². The molecule has 0 unspecified atom stereocenters. The monoisotopic (exact) mass is 630 g/mol. The Morgan fingerprint density at radius 3 is 1.93 bits per heavy atom. The number of nitrogens with two attached hydrogens (primary N) is 3. The second kappa shape index (κ2) is 18.3. The van der Waals surface area contributed by atoms with Crippen molar-refractivity contribution in [3.8, 4) is 0 Å². The summed E-state index contributed by atoms with van der Waals surface area (Å²) >= 11 is 0. The van der Waals surface area contributed by atoms with E-state index in [0.29, 0.717) is 24.9 Å². The number of aliphatic carboxylic acids is 1. The normalized spacial score (nSPS) is 15.4. The van der Waals surface area contributed by atoms with Gasteiger partial charge in [-0.05, 0) is 43.6 Å². The van der Waals surface area contributed by atoms with Crippen LogP contribution in [0.2, 0.25) is 0 Å². The lowest BCUT2D eigenvalue weighted by atomic mass is 9.76. The molecule has 1 aromatic rings. The zero-order chi connectivity index (χ0) is 33.4. The Morgan fingerprint density at radius 2 is 1.48 bits per heavy atom. The lowest BCUT2D eigenvalue weighted by Crippen LogP contribution is -2.55. The van der Waals surface area contributed by atoms with E-state index in [0.717, 1.165) is 37.7 Å². The predicted octanol–water partition coefficient (Wildman–Crippen LogP) is 0.0534. The van der Waals surface area contributed by atoms with Gasteiger partial charge in [0.05, 0.1) is 6.61 Å². The molecule has 14 nitrogen and oxygen atoms in total. The van der Waals surface area contributed by atoms with Crippen molar-refractivity contribution in [2.75, 3.05) is 13.2 Å². The van der Waals surface area contributed by atoms with Crippen LogP contribution >= 0.6 is 0 Å². The molecule has 3 amide bonds. The number of nitrogen functional groups attached to an aromatic ring is 1. The first kappa shape index (κ1) is 37.6. The molecule has 0 aromatic heterocycles. The first-order valence-corrected chi connectivity index (χ1v) is 13.9. The van der Waals surface area contributed by atoms with Gasteiger partial charge in [0.2, 0.25) is 17.7 Å². The third-order valence-corrected chi connectivity index (χ3v) is 6.98. The number of primary amides is 1. The van der Waals surface area contributed by atoms with Gasteiger partial charge >= 0.3 is 12.1 Å². The Bertz CT molecular complexity index is 1140. The minimum Gasteiger partial charge on any atom is -0.475 e. The van der Waals surface area contributed by atoms with E-state index in [1.165, 1.54) is 0 Å². The van der Waals surface area contributed by atoms with Gasteiger partial charge in [-0.15, -0.1) is 0 Å². The van der Waals surface area contributed by atoms with Crippen LogP contribution < -0.4 is 33.2 Å². The number of rotatable bonds is 14. The highest BCUT2D eigenvalue weighted by molar-refractivity contribution is 5.95. The van der Waals surface area contributed by atoms with Gasteiger partial charge in [0.15, 0.2) is 5.96 Å². The summed E-state index contributed by atoms with van der Waals surface area (Å²) in [6.07, 6.45) is 0.956. The topological polar surface area (TPSA) is 271 Å². The Kier molecular flexibility index (Phi) is 15.6. The number of carboxylic acids is 1. The number of amides is 3. The molecule has 44 heavy (non-hydrogen) atoms. The van der Waals surface area contributed by atoms with E-state index in [9.17, 15) is 32.7 Å². The zero-order valence-corrected chi connectivity index (χ0v) is 24.1. The van der Waals surface area contributed by atoms with Gasteiger partial charge < -0.3 is 43.4 Å². The van der Waals surface area contributed by atoms with Crippen LogP contribution in [-0.2, 0) is 25.6 Å². The lowest BCUT2D eigenvalue weighted by Gasteiger charge is -2.31. The van der Waals surface area contributed by atoms with E-state index in [1.807, 2.05) is 12.1 Å². The summed E-state index contributed by atoms with van der Waals surface area (Å²) in [6.45, 7) is -0.314. The van der Waals surface area contributed by atoms with Crippen LogP contribution in [0, 0.1) is 22.7 Å². The number of benzene rings is 1. The molecule has 1 aromatic carbocycles. The molecule has 1 saturated carbocycles. The fourth-order valence-corrected chi connectivity index (χ4v) is 4.64. The molecule has 3 atom stereocenters. The fraction of sp³-hybridized carbons (Fsp3) is 0.556. The molecule has 1 aliphatic rings. The van der Waals surface area contributed by atoms with Crippen molar-refractivity contribution in [1.29, 1.82) is 10.8 Å². The standard InChI is InChI=1S/C25H40N8O4.C2HF3O2/c26-21(27)17-10-8-15(9-11-17)13-18(16-5-2-1-3-6-16)23(36)33-20(14-34)24(37)32-19(22(28)35)7-4-12-31-25(29)30;3-2(4,5)1(6)7/h8-11,16,18-20,34H,1-7,12-14H2,(H3,26,27)(H2,28,35)(H,32,37)(H,33,36)(H4,29,30,31);(H,6,7)/t18-,19+,20+;/m1./s1. The number of guanidine groups is 1. The summed E-state index contributed by atoms with van der Waals surface area (Å²) in [5.74, 6) is -5.05. The van der Waals surface area contributed by atoms with Crippen molar-refractivity contribution in [2.45, 2.75) is 69.6 Å². The number of amidine groups is 1. The summed E-state index contributed by atoms with van der Waals surface area (Å²) in [7, 11) is 0. The number of hydrogen-bond acceptors (Lipinski definition) is 7. The molecule has 13 N–H and O–H groups in total. The fourth-order valence-electron chi connectivity index (χ4n) is 4.64. The van der Waals surface area contributed by atoms with Gasteiger partial charge in [-0.1, -0.05) is 43.5 Å². The van der Waals surface area contributed by atoms with Crippen LogP contribution in [0.1, 0.15) is 56.1 Å². The maximum atomic E-state index is 13.4. The molecule has 2 rings (SSSR count). The smallest absolute Gasteiger partial charge is 0.475 e. The summed E-state index contributed by atoms with van der Waals surface area (Å²) < 4.78 is 31.7. The van der Waals surface area contributed by atoms with E-state index in [-0.39, 0.29) is 30.0 Å². The second-order valence-electron chi connectivity index (χ2n) is 10.3. The molecular formula is C27H41F3N8O6. The minimum atomic E-state index is -5.08. The van der Waals surface area contributed by atoms with Crippen molar-refractivity contribution in [1.82, 2.24) is 16.0 Å². The van der Waals surface area contributed by atoms with Crippen LogP contribution in [0.15, 0.2) is 24.3 Å². The van der Waals surface area contributed by atoms with E-state index < -0.39 is 48.6 Å². The molecule has 0 heterocycles. The van der Waals surface area contributed by atoms with E-state index in [1.54, 1.807) is 12.1 Å². The SMILES string of the molecule is N=C(N)NCCC[C@H](NC(=O)[C@H](CO)NC(=O)[C@H](Cc1ccc(C(=N)N)cc1)C1CCCCC1)C(N)=O.O=C(O)C(F)(F)F. The molecular weight excluding hydrogens is 589 g/mol. The number of carboxylic acid groups (broad SMARTS) is 1. The van der Waals surface area contributed by atoms with Gasteiger partial charge in [-0.3, -0.25) is 25.2 Å². The molecule has 0 saturated heterocycles. The average Bonchev–Trinajstić information content (AvgIpc) is 2.96. The molecule has 0 aliphatic heterocycles. The first-order valence-electron chi connectivity index (χ1n) is 13.9. The Morgan fingerprint density at radius 1 is 0.932 bits per heavy atom. The van der Waals surface area contributed by atoms with Gasteiger partial charge in [0, 0.05) is 18.0 Å². The molecule has 0 bridgehead atoms. The molecule has 1 fully saturated rings. The quantitative estimate of drug-likeness (QED) is 0.0755. The van der Waals surface area contributed by atoms with E-state index >= 15 is 0 Å². The van der Waals surface area contributed by atoms with Crippen molar-refractivity contribution >= 4 is 35.5 Å². The van der Waals surface area contributed by atoms with Gasteiger partial charge in [-0.25, -0.2) is 4.79 Å². The molecule has 17 heteroatoms. The highest BCUT2D eigenvalue weighted by Gasteiger charge is 2.38. The van der Waals surface area contributed by atoms with Gasteiger partial charge in [0.25, 0.3) is 0 Å². The first-order chi connectivity index (χ1) is 20.6. The average molecular weight is 631 g/mol. The van der Waals surface area contributed by atoms with Gasteiger partial charge in [-0.2, -0.15) is 13.2 Å². The zero-order valence-electron chi connectivity index (χ0n) is 24.1. The van der Waals surface area contributed by atoms with Crippen LogP contribution in [-0.4, -0.2) is 77.1 Å². The van der Waals surface area contributed by atoms with Gasteiger partial charge in [0.1, 0.15) is 17.9 Å². The Balaban J connectivity index is 0.00000123. The Hall–Kier alpha value is -4.41. The van der Waals surface area contributed by atoms with Crippen molar-refractivity contribution in [3.05, 3.63) is 35.4 Å². The molecule has 0 radical (unpaired) electrons. The third-order valence-electron chi connectivity index (χ3n) is 6.98. The number of carbonyl (C=O) groups is 4. The number of aliphatic hydroxyl groups is 1. The summed E-state index contributed by atoms with van der Waals surface area (Å²) in [5, 5.41) is 39.5. The number of halogens is 3.